The Hall–Kier alpha value is -1.91. The quantitative estimate of drug-likeness (QED) is 0.807. The molecule has 1 aliphatic heterocycles. The predicted molar refractivity (Wildman–Crippen MR) is 104 cm³/mol. The molecule has 1 fully saturated rings. The Balaban J connectivity index is 1.50. The van der Waals surface area contributed by atoms with Gasteiger partial charge in [0, 0.05) is 28.7 Å². The van der Waals surface area contributed by atoms with Gasteiger partial charge in [-0.1, -0.05) is 36.7 Å². The van der Waals surface area contributed by atoms with Gasteiger partial charge in [-0.2, -0.15) is 0 Å². The number of carbonyl (C=O) groups is 1. The van der Waals surface area contributed by atoms with Crippen molar-refractivity contribution in [3.8, 4) is 0 Å². The second kappa shape index (κ2) is 8.65. The first-order chi connectivity index (χ1) is 12.5. The largest absolute Gasteiger partial charge is 0.326 e. The lowest BCUT2D eigenvalue weighted by atomic mass is 9.95. The fraction of sp³-hybridized carbons (Fsp3) is 0.381. The summed E-state index contributed by atoms with van der Waals surface area (Å²) in [7, 11) is 0. The summed E-state index contributed by atoms with van der Waals surface area (Å²) in [5.74, 6) is -0.188. The summed E-state index contributed by atoms with van der Waals surface area (Å²) in [6, 6.07) is 12.8. The third kappa shape index (κ3) is 4.83. The molecule has 1 heterocycles. The summed E-state index contributed by atoms with van der Waals surface area (Å²) in [5.41, 5.74) is 2.75. The summed E-state index contributed by atoms with van der Waals surface area (Å²) in [6.45, 7) is 4.23. The molecule has 0 aromatic heterocycles. The summed E-state index contributed by atoms with van der Waals surface area (Å²) in [5, 5.41) is 3.42. The van der Waals surface area contributed by atoms with Gasteiger partial charge >= 0.3 is 0 Å². The van der Waals surface area contributed by atoms with Crippen molar-refractivity contribution >= 4 is 23.2 Å². The summed E-state index contributed by atoms with van der Waals surface area (Å²) < 4.78 is 13.9. The van der Waals surface area contributed by atoms with Crippen LogP contribution in [-0.4, -0.2) is 23.9 Å². The maximum absolute atomic E-state index is 13.9. The summed E-state index contributed by atoms with van der Waals surface area (Å²) in [4.78, 5) is 14.7. The van der Waals surface area contributed by atoms with Crippen LogP contribution in [0.3, 0.4) is 0 Å². The maximum Gasteiger partial charge on any atom is 0.227 e. The Morgan fingerprint density at radius 3 is 2.50 bits per heavy atom. The predicted octanol–water partition coefficient (Wildman–Crippen LogP) is 4.89. The second-order valence-electron chi connectivity index (χ2n) is 6.83. The van der Waals surface area contributed by atoms with Crippen LogP contribution in [0.4, 0.5) is 10.1 Å². The van der Waals surface area contributed by atoms with Gasteiger partial charge < -0.3 is 5.32 Å². The van der Waals surface area contributed by atoms with E-state index in [0.717, 1.165) is 38.0 Å². The van der Waals surface area contributed by atoms with E-state index in [2.05, 4.69) is 17.1 Å². The molecule has 26 heavy (non-hydrogen) atoms. The minimum Gasteiger partial charge on any atom is -0.326 e. The smallest absolute Gasteiger partial charge is 0.227 e. The number of anilines is 1. The Kier molecular flexibility index (Phi) is 6.28. The number of hydrogen-bond donors (Lipinski definition) is 1. The van der Waals surface area contributed by atoms with Crippen LogP contribution < -0.4 is 5.32 Å². The van der Waals surface area contributed by atoms with Crippen molar-refractivity contribution in [1.82, 2.24) is 4.90 Å². The monoisotopic (exact) mass is 374 g/mol. The average molecular weight is 375 g/mol. The first kappa shape index (κ1) is 18.9. The molecule has 0 aliphatic carbocycles. The maximum atomic E-state index is 13.9. The lowest BCUT2D eigenvalue weighted by Gasteiger charge is -2.31. The lowest BCUT2D eigenvalue weighted by molar-refractivity contribution is -0.121. The van der Waals surface area contributed by atoms with Crippen molar-refractivity contribution in [2.45, 2.75) is 32.7 Å². The topological polar surface area (TPSA) is 32.3 Å². The Bertz CT molecular complexity index is 755. The molecule has 1 aliphatic rings. The molecule has 0 unspecified atom stereocenters. The third-order valence-electron chi connectivity index (χ3n) is 5.00. The van der Waals surface area contributed by atoms with Crippen molar-refractivity contribution in [1.29, 1.82) is 0 Å². The van der Waals surface area contributed by atoms with Crippen molar-refractivity contribution in [2.24, 2.45) is 5.92 Å². The van der Waals surface area contributed by atoms with E-state index in [9.17, 15) is 9.18 Å². The average Bonchev–Trinajstić information content (AvgIpc) is 2.65. The first-order valence-corrected chi connectivity index (χ1v) is 9.49. The van der Waals surface area contributed by atoms with Gasteiger partial charge in [0.05, 0.1) is 0 Å². The molecule has 3 rings (SSSR count). The minimum atomic E-state index is -0.270. The summed E-state index contributed by atoms with van der Waals surface area (Å²) >= 11 is 5.80. The fourth-order valence-corrected chi connectivity index (χ4v) is 3.47. The van der Waals surface area contributed by atoms with Crippen molar-refractivity contribution in [3.63, 3.8) is 0 Å². The van der Waals surface area contributed by atoms with Crippen LogP contribution in [0.25, 0.3) is 0 Å². The molecule has 2 aromatic carbocycles. The molecule has 3 nitrogen and oxygen atoms in total. The first-order valence-electron chi connectivity index (χ1n) is 9.11. The number of nitrogens with one attached hydrogen (secondary N) is 1. The number of halogens is 2. The SMILES string of the molecule is CCc1ccc(NC(=O)C2CCN(Cc3ccc(Cl)cc3F)CC2)cc1. The molecular weight excluding hydrogens is 351 g/mol. The highest BCUT2D eigenvalue weighted by Gasteiger charge is 2.25. The van der Waals surface area contributed by atoms with Crippen LogP contribution >= 0.6 is 11.6 Å². The van der Waals surface area contributed by atoms with Gasteiger partial charge in [-0.15, -0.1) is 0 Å². The van der Waals surface area contributed by atoms with Gasteiger partial charge in [-0.25, -0.2) is 4.39 Å². The van der Waals surface area contributed by atoms with Crippen LogP contribution in [0.2, 0.25) is 5.02 Å². The molecule has 1 saturated heterocycles. The number of rotatable bonds is 5. The van der Waals surface area contributed by atoms with Crippen LogP contribution in [-0.2, 0) is 17.8 Å². The summed E-state index contributed by atoms with van der Waals surface area (Å²) in [6.07, 6.45) is 2.56. The van der Waals surface area contributed by atoms with E-state index in [0.29, 0.717) is 17.1 Å². The van der Waals surface area contributed by atoms with E-state index in [1.54, 1.807) is 12.1 Å². The molecule has 0 saturated carbocycles. The molecule has 0 atom stereocenters. The van der Waals surface area contributed by atoms with E-state index >= 15 is 0 Å². The van der Waals surface area contributed by atoms with Crippen molar-refractivity contribution in [3.05, 3.63) is 64.4 Å². The number of benzene rings is 2. The van der Waals surface area contributed by atoms with Gasteiger partial charge in [0.2, 0.25) is 5.91 Å². The zero-order chi connectivity index (χ0) is 18.5. The third-order valence-corrected chi connectivity index (χ3v) is 5.23. The Morgan fingerprint density at radius 2 is 1.88 bits per heavy atom. The molecule has 0 spiro atoms. The van der Waals surface area contributed by atoms with Crippen LogP contribution in [0, 0.1) is 11.7 Å². The lowest BCUT2D eigenvalue weighted by Crippen LogP contribution is -2.37. The van der Waals surface area contributed by atoms with Gasteiger partial charge in [-0.05, 0) is 62.2 Å². The number of hydrogen-bond acceptors (Lipinski definition) is 2. The van der Waals surface area contributed by atoms with Crippen LogP contribution in [0.5, 0.6) is 0 Å². The highest BCUT2D eigenvalue weighted by atomic mass is 35.5. The fourth-order valence-electron chi connectivity index (χ4n) is 3.31. The molecule has 0 bridgehead atoms. The van der Waals surface area contributed by atoms with Crippen LogP contribution in [0.1, 0.15) is 30.9 Å². The van der Waals surface area contributed by atoms with Gasteiger partial charge in [0.1, 0.15) is 5.82 Å². The number of carbonyl (C=O) groups excluding carboxylic acids is 1. The normalized spacial score (nSPS) is 15.8. The zero-order valence-electron chi connectivity index (χ0n) is 15.0. The van der Waals surface area contributed by atoms with E-state index in [-0.39, 0.29) is 17.6 Å². The number of likely N-dealkylation sites (tertiary alicyclic amines) is 1. The molecule has 5 heteroatoms. The molecule has 1 N–H and O–H groups in total. The van der Waals surface area contributed by atoms with Gasteiger partial charge in [0.25, 0.3) is 0 Å². The van der Waals surface area contributed by atoms with Crippen molar-refractivity contribution < 1.29 is 9.18 Å². The molecule has 2 aromatic rings. The van der Waals surface area contributed by atoms with Crippen molar-refractivity contribution in [2.75, 3.05) is 18.4 Å². The number of nitrogens with zero attached hydrogens (tertiary/aromatic N) is 1. The highest BCUT2D eigenvalue weighted by Crippen LogP contribution is 2.23. The Labute approximate surface area is 159 Å². The number of piperidine rings is 1. The van der Waals surface area contributed by atoms with E-state index in [1.165, 1.54) is 11.6 Å². The van der Waals surface area contributed by atoms with Crippen LogP contribution in [0.15, 0.2) is 42.5 Å². The number of aryl methyl sites for hydroxylation is 1. The van der Waals surface area contributed by atoms with E-state index in [1.807, 2.05) is 24.3 Å². The highest BCUT2D eigenvalue weighted by molar-refractivity contribution is 6.30. The molecule has 0 radical (unpaired) electrons. The standard InChI is InChI=1S/C21H24ClFN2O/c1-2-15-3-7-19(8-4-15)24-21(26)16-9-11-25(12-10-16)14-17-5-6-18(22)13-20(17)23/h3-8,13,16H,2,9-12,14H2,1H3,(H,24,26). The molecule has 138 valence electrons. The molecule has 1 amide bonds. The Morgan fingerprint density at radius 1 is 1.19 bits per heavy atom. The van der Waals surface area contributed by atoms with E-state index < -0.39 is 0 Å². The second-order valence-corrected chi connectivity index (χ2v) is 7.26. The molecular formula is C21H24ClFN2O. The van der Waals surface area contributed by atoms with E-state index in [4.69, 9.17) is 11.6 Å². The zero-order valence-corrected chi connectivity index (χ0v) is 15.7. The minimum absolute atomic E-state index is 0.00664. The van der Waals surface area contributed by atoms with Gasteiger partial charge in [-0.3, -0.25) is 9.69 Å². The number of amides is 1. The van der Waals surface area contributed by atoms with Gasteiger partial charge in [0.15, 0.2) is 0 Å².